The topological polar surface area (TPSA) is 45.0 Å². The number of hydrogen-bond donors (Lipinski definition) is 1. The largest absolute Gasteiger partial charge is 0.497 e. The predicted molar refractivity (Wildman–Crippen MR) is 76.1 cm³/mol. The Kier molecular flexibility index (Phi) is 4.04. The predicted octanol–water partition coefficient (Wildman–Crippen LogP) is 3.68. The highest BCUT2D eigenvalue weighted by Crippen LogP contribution is 2.22. The van der Waals surface area contributed by atoms with Crippen LogP contribution in [0.25, 0.3) is 0 Å². The number of methoxy groups -OCH3 is 1. The van der Waals surface area contributed by atoms with E-state index in [1.807, 2.05) is 55.5 Å². The van der Waals surface area contributed by atoms with Crippen molar-refractivity contribution in [2.45, 2.75) is 13.0 Å². The fourth-order valence-electron chi connectivity index (χ4n) is 1.83. The number of hydrogen-bond acceptors (Lipinski definition) is 3. The average Bonchev–Trinajstić information content (AvgIpc) is 2.46. The molecule has 19 heavy (non-hydrogen) atoms. The molecule has 0 bridgehead atoms. The van der Waals surface area contributed by atoms with Crippen LogP contribution in [0.1, 0.15) is 17.2 Å². The Bertz CT molecular complexity index is 584. The Morgan fingerprint density at radius 3 is 2.53 bits per heavy atom. The smallest absolute Gasteiger partial charge is 0.140 e. The molecule has 96 valence electrons. The lowest BCUT2D eigenvalue weighted by molar-refractivity contribution is 0.415. The third kappa shape index (κ3) is 3.26. The SMILES string of the molecule is COc1cccc(NC(C#N)c2ccc(C)cc2)c1. The van der Waals surface area contributed by atoms with Gasteiger partial charge in [0.15, 0.2) is 0 Å². The minimum absolute atomic E-state index is 0.368. The van der Waals surface area contributed by atoms with Crippen LogP contribution < -0.4 is 10.1 Å². The summed E-state index contributed by atoms with van der Waals surface area (Å²) in [6, 6.07) is 17.4. The van der Waals surface area contributed by atoms with Gasteiger partial charge < -0.3 is 10.1 Å². The highest BCUT2D eigenvalue weighted by Gasteiger charge is 2.10. The van der Waals surface area contributed by atoms with Gasteiger partial charge in [-0.25, -0.2) is 0 Å². The van der Waals surface area contributed by atoms with Crippen LogP contribution in [0.3, 0.4) is 0 Å². The van der Waals surface area contributed by atoms with Crippen LogP contribution in [0.2, 0.25) is 0 Å². The van der Waals surface area contributed by atoms with Gasteiger partial charge in [-0.15, -0.1) is 0 Å². The van der Waals surface area contributed by atoms with Crippen LogP contribution in [0, 0.1) is 18.3 Å². The summed E-state index contributed by atoms with van der Waals surface area (Å²) < 4.78 is 5.17. The Morgan fingerprint density at radius 2 is 1.89 bits per heavy atom. The number of nitriles is 1. The van der Waals surface area contributed by atoms with Gasteiger partial charge >= 0.3 is 0 Å². The molecule has 0 saturated carbocycles. The van der Waals surface area contributed by atoms with E-state index in [9.17, 15) is 5.26 Å². The second kappa shape index (κ2) is 5.92. The molecule has 0 amide bonds. The van der Waals surface area contributed by atoms with Crippen molar-refractivity contribution in [3.05, 3.63) is 59.7 Å². The molecule has 1 atom stereocenters. The number of ether oxygens (including phenoxy) is 1. The summed E-state index contributed by atoms with van der Waals surface area (Å²) in [5.74, 6) is 0.769. The zero-order valence-corrected chi connectivity index (χ0v) is 11.1. The Labute approximate surface area is 113 Å². The van der Waals surface area contributed by atoms with Crippen molar-refractivity contribution < 1.29 is 4.74 Å². The van der Waals surface area contributed by atoms with Crippen LogP contribution in [-0.2, 0) is 0 Å². The summed E-state index contributed by atoms with van der Waals surface area (Å²) in [5, 5.41) is 12.5. The summed E-state index contributed by atoms with van der Waals surface area (Å²) >= 11 is 0. The van der Waals surface area contributed by atoms with Crippen molar-refractivity contribution in [1.82, 2.24) is 0 Å². The minimum atomic E-state index is -0.368. The van der Waals surface area contributed by atoms with Gasteiger partial charge in [-0.3, -0.25) is 0 Å². The van der Waals surface area contributed by atoms with Gasteiger partial charge in [0.05, 0.1) is 13.2 Å². The van der Waals surface area contributed by atoms with Crippen LogP contribution in [0.4, 0.5) is 5.69 Å². The van der Waals surface area contributed by atoms with E-state index in [4.69, 9.17) is 4.74 Å². The van der Waals surface area contributed by atoms with E-state index in [-0.39, 0.29) is 6.04 Å². The Morgan fingerprint density at radius 1 is 1.16 bits per heavy atom. The molecule has 0 aromatic heterocycles. The molecule has 0 aliphatic carbocycles. The lowest BCUT2D eigenvalue weighted by atomic mass is 10.1. The van der Waals surface area contributed by atoms with E-state index in [1.54, 1.807) is 7.11 Å². The van der Waals surface area contributed by atoms with Crippen molar-refractivity contribution >= 4 is 5.69 Å². The highest BCUT2D eigenvalue weighted by molar-refractivity contribution is 5.51. The van der Waals surface area contributed by atoms with Crippen molar-refractivity contribution in [3.63, 3.8) is 0 Å². The minimum Gasteiger partial charge on any atom is -0.497 e. The maximum atomic E-state index is 9.29. The molecule has 0 saturated heterocycles. The van der Waals surface area contributed by atoms with E-state index in [0.29, 0.717) is 0 Å². The molecule has 3 nitrogen and oxygen atoms in total. The zero-order chi connectivity index (χ0) is 13.7. The number of nitrogens with zero attached hydrogens (tertiary/aromatic N) is 1. The lowest BCUT2D eigenvalue weighted by Crippen LogP contribution is -2.08. The summed E-state index contributed by atoms with van der Waals surface area (Å²) in [6.07, 6.45) is 0. The molecule has 2 rings (SSSR count). The molecule has 0 fully saturated rings. The summed E-state index contributed by atoms with van der Waals surface area (Å²) in [7, 11) is 1.63. The van der Waals surface area contributed by atoms with Gasteiger partial charge in [0.2, 0.25) is 0 Å². The van der Waals surface area contributed by atoms with Crippen molar-refractivity contribution in [1.29, 1.82) is 5.26 Å². The molecule has 0 aliphatic rings. The monoisotopic (exact) mass is 252 g/mol. The van der Waals surface area contributed by atoms with Gasteiger partial charge in [0, 0.05) is 11.8 Å². The van der Waals surface area contributed by atoms with Crippen LogP contribution in [-0.4, -0.2) is 7.11 Å². The van der Waals surface area contributed by atoms with Gasteiger partial charge in [0.1, 0.15) is 11.8 Å². The number of anilines is 1. The number of benzene rings is 2. The van der Waals surface area contributed by atoms with Crippen molar-refractivity contribution in [3.8, 4) is 11.8 Å². The number of rotatable bonds is 4. The summed E-state index contributed by atoms with van der Waals surface area (Å²) in [4.78, 5) is 0. The van der Waals surface area contributed by atoms with Crippen LogP contribution in [0.5, 0.6) is 5.75 Å². The second-order valence-corrected chi connectivity index (χ2v) is 4.35. The Hall–Kier alpha value is -2.47. The first-order chi connectivity index (χ1) is 9.22. The molecule has 1 N–H and O–H groups in total. The van der Waals surface area contributed by atoms with Crippen molar-refractivity contribution in [2.24, 2.45) is 0 Å². The average molecular weight is 252 g/mol. The van der Waals surface area contributed by atoms with E-state index >= 15 is 0 Å². The van der Waals surface area contributed by atoms with E-state index in [2.05, 4.69) is 11.4 Å². The molecule has 0 aliphatic heterocycles. The quantitative estimate of drug-likeness (QED) is 0.902. The molecule has 0 radical (unpaired) electrons. The molecule has 0 heterocycles. The number of nitrogens with one attached hydrogen (secondary N) is 1. The molecule has 3 heteroatoms. The fourth-order valence-corrected chi connectivity index (χ4v) is 1.83. The summed E-state index contributed by atoms with van der Waals surface area (Å²) in [5.41, 5.74) is 3.00. The molecule has 1 unspecified atom stereocenters. The van der Waals surface area contributed by atoms with E-state index < -0.39 is 0 Å². The highest BCUT2D eigenvalue weighted by atomic mass is 16.5. The van der Waals surface area contributed by atoms with Gasteiger partial charge in [-0.05, 0) is 24.6 Å². The molecule has 2 aromatic carbocycles. The Balaban J connectivity index is 2.19. The first-order valence-electron chi connectivity index (χ1n) is 6.09. The maximum Gasteiger partial charge on any atom is 0.140 e. The van der Waals surface area contributed by atoms with Crippen LogP contribution in [0.15, 0.2) is 48.5 Å². The fraction of sp³-hybridized carbons (Fsp3) is 0.188. The summed E-state index contributed by atoms with van der Waals surface area (Å²) in [6.45, 7) is 2.03. The van der Waals surface area contributed by atoms with E-state index in [0.717, 1.165) is 17.0 Å². The first kappa shape index (κ1) is 13.0. The zero-order valence-electron chi connectivity index (χ0n) is 11.1. The molecule has 2 aromatic rings. The van der Waals surface area contributed by atoms with Crippen LogP contribution >= 0.6 is 0 Å². The van der Waals surface area contributed by atoms with Gasteiger partial charge in [-0.2, -0.15) is 5.26 Å². The lowest BCUT2D eigenvalue weighted by Gasteiger charge is -2.14. The van der Waals surface area contributed by atoms with Gasteiger partial charge in [0.25, 0.3) is 0 Å². The maximum absolute atomic E-state index is 9.29. The number of aryl methyl sites for hydroxylation is 1. The molecule has 0 spiro atoms. The third-order valence-electron chi connectivity index (χ3n) is 2.92. The third-order valence-corrected chi connectivity index (χ3v) is 2.92. The van der Waals surface area contributed by atoms with Gasteiger partial charge in [-0.1, -0.05) is 35.9 Å². The molecular weight excluding hydrogens is 236 g/mol. The normalized spacial score (nSPS) is 11.4. The second-order valence-electron chi connectivity index (χ2n) is 4.35. The first-order valence-corrected chi connectivity index (χ1v) is 6.09. The van der Waals surface area contributed by atoms with Crippen molar-refractivity contribution in [2.75, 3.05) is 12.4 Å². The molecular formula is C16H16N2O. The standard InChI is InChI=1S/C16H16N2O/c1-12-6-8-13(9-7-12)16(11-17)18-14-4-3-5-15(10-14)19-2/h3-10,16,18H,1-2H3. The van der Waals surface area contributed by atoms with E-state index in [1.165, 1.54) is 5.56 Å².